The number of nitrogens with two attached hydrogens (primary N) is 1. The van der Waals surface area contributed by atoms with E-state index in [4.69, 9.17) is 15.9 Å². The summed E-state index contributed by atoms with van der Waals surface area (Å²) in [5.74, 6) is -1.14. The van der Waals surface area contributed by atoms with E-state index in [0.717, 1.165) is 12.1 Å². The lowest BCUT2D eigenvalue weighted by atomic mass is 10.1. The van der Waals surface area contributed by atoms with Crippen LogP contribution in [0.2, 0.25) is 0 Å². The van der Waals surface area contributed by atoms with Crippen LogP contribution in [0.25, 0.3) is 0 Å². The van der Waals surface area contributed by atoms with Gasteiger partial charge in [-0.25, -0.2) is 0 Å². The SMILES string of the molecule is N=C(N)c1ccc(OCCCC(F)(F)F)c(C(F)(F)F)c1. The van der Waals surface area contributed by atoms with Crippen molar-refractivity contribution in [2.24, 2.45) is 5.73 Å². The lowest BCUT2D eigenvalue weighted by Crippen LogP contribution is -2.15. The van der Waals surface area contributed by atoms with Gasteiger partial charge in [-0.2, -0.15) is 26.3 Å². The van der Waals surface area contributed by atoms with Gasteiger partial charge in [-0.1, -0.05) is 0 Å². The van der Waals surface area contributed by atoms with Gasteiger partial charge in [0.05, 0.1) is 12.2 Å². The third-order valence-corrected chi connectivity index (χ3v) is 2.46. The van der Waals surface area contributed by atoms with Crippen LogP contribution in [0.1, 0.15) is 24.0 Å². The van der Waals surface area contributed by atoms with Gasteiger partial charge in [-0.15, -0.1) is 0 Å². The average molecular weight is 314 g/mol. The van der Waals surface area contributed by atoms with E-state index < -0.39 is 48.9 Å². The van der Waals surface area contributed by atoms with Crippen molar-refractivity contribution >= 4 is 5.84 Å². The normalized spacial score (nSPS) is 12.3. The molecule has 0 saturated heterocycles. The first-order chi connectivity index (χ1) is 9.50. The second-order valence-electron chi connectivity index (χ2n) is 4.19. The minimum absolute atomic E-state index is 0.148. The molecule has 21 heavy (non-hydrogen) atoms. The molecule has 0 atom stereocenters. The number of hydrogen-bond donors (Lipinski definition) is 2. The molecule has 0 heterocycles. The number of benzene rings is 1. The topological polar surface area (TPSA) is 59.1 Å². The van der Waals surface area contributed by atoms with E-state index in [1.807, 2.05) is 0 Å². The number of halogens is 6. The van der Waals surface area contributed by atoms with Crippen molar-refractivity contribution in [3.8, 4) is 5.75 Å². The van der Waals surface area contributed by atoms with Crippen molar-refractivity contribution in [1.82, 2.24) is 0 Å². The molecule has 0 aliphatic heterocycles. The number of rotatable bonds is 5. The fraction of sp³-hybridized carbons (Fsp3) is 0.417. The molecule has 9 heteroatoms. The fourth-order valence-corrected chi connectivity index (χ4v) is 1.50. The van der Waals surface area contributed by atoms with E-state index in [1.165, 1.54) is 0 Å². The number of nitrogen functional groups attached to an aromatic ring is 1. The van der Waals surface area contributed by atoms with E-state index in [1.54, 1.807) is 0 Å². The highest BCUT2D eigenvalue weighted by Gasteiger charge is 2.35. The number of ether oxygens (including phenoxy) is 1. The summed E-state index contributed by atoms with van der Waals surface area (Å²) in [7, 11) is 0. The number of alkyl halides is 6. The number of amidine groups is 1. The molecule has 118 valence electrons. The highest BCUT2D eigenvalue weighted by molar-refractivity contribution is 5.95. The summed E-state index contributed by atoms with van der Waals surface area (Å²) in [6.45, 7) is -0.498. The summed E-state index contributed by atoms with van der Waals surface area (Å²) < 4.78 is 79.0. The van der Waals surface area contributed by atoms with E-state index in [2.05, 4.69) is 0 Å². The molecule has 3 N–H and O–H groups in total. The first-order valence-corrected chi connectivity index (χ1v) is 5.76. The van der Waals surface area contributed by atoms with Gasteiger partial charge in [0.1, 0.15) is 11.6 Å². The third kappa shape index (κ3) is 5.52. The Balaban J connectivity index is 2.84. The molecular weight excluding hydrogens is 302 g/mol. The largest absolute Gasteiger partial charge is 0.493 e. The maximum atomic E-state index is 12.8. The van der Waals surface area contributed by atoms with Crippen LogP contribution >= 0.6 is 0 Å². The van der Waals surface area contributed by atoms with E-state index in [9.17, 15) is 26.3 Å². The molecule has 0 aliphatic carbocycles. The lowest BCUT2D eigenvalue weighted by Gasteiger charge is -2.15. The molecule has 0 aromatic heterocycles. The highest BCUT2D eigenvalue weighted by atomic mass is 19.4. The molecule has 1 rings (SSSR count). The predicted octanol–water partition coefficient (Wildman–Crippen LogP) is 3.71. The lowest BCUT2D eigenvalue weighted by molar-refractivity contribution is -0.141. The Bertz CT molecular complexity index is 509. The number of hydrogen-bond acceptors (Lipinski definition) is 2. The van der Waals surface area contributed by atoms with Gasteiger partial charge >= 0.3 is 12.4 Å². The molecule has 0 unspecified atom stereocenters. The Morgan fingerprint density at radius 3 is 2.24 bits per heavy atom. The standard InChI is InChI=1S/C12H12F6N2O/c13-11(14,15)4-1-5-21-9-3-2-7(10(19)20)6-8(9)12(16,17)18/h2-3,6H,1,4-5H2,(H3,19,20). The Hall–Kier alpha value is -1.93. The summed E-state index contributed by atoms with van der Waals surface area (Å²) in [6.07, 6.45) is -10.7. The van der Waals surface area contributed by atoms with Gasteiger partial charge in [-0.3, -0.25) is 5.41 Å². The maximum absolute atomic E-state index is 12.8. The molecule has 3 nitrogen and oxygen atoms in total. The van der Waals surface area contributed by atoms with E-state index in [0.29, 0.717) is 6.07 Å². The van der Waals surface area contributed by atoms with E-state index >= 15 is 0 Å². The molecular formula is C12H12F6N2O. The van der Waals surface area contributed by atoms with Crippen LogP contribution in [0.15, 0.2) is 18.2 Å². The smallest absolute Gasteiger partial charge is 0.419 e. The van der Waals surface area contributed by atoms with Crippen LogP contribution in [0.3, 0.4) is 0 Å². The van der Waals surface area contributed by atoms with Gasteiger partial charge in [-0.05, 0) is 24.6 Å². The molecule has 0 bridgehead atoms. The minimum atomic E-state index is -4.76. The van der Waals surface area contributed by atoms with Crippen LogP contribution in [-0.4, -0.2) is 18.6 Å². The summed E-state index contributed by atoms with van der Waals surface area (Å²) in [5, 5.41) is 7.09. The predicted molar refractivity (Wildman–Crippen MR) is 63.2 cm³/mol. The van der Waals surface area contributed by atoms with Crippen LogP contribution in [0, 0.1) is 5.41 Å². The molecule has 0 aliphatic rings. The second kappa shape index (κ2) is 6.23. The molecule has 0 spiro atoms. The molecule has 0 amide bonds. The fourth-order valence-electron chi connectivity index (χ4n) is 1.50. The van der Waals surface area contributed by atoms with Crippen LogP contribution in [-0.2, 0) is 6.18 Å². The summed E-state index contributed by atoms with van der Waals surface area (Å²) in [5.41, 5.74) is 3.77. The van der Waals surface area contributed by atoms with Gasteiger partial charge in [0.25, 0.3) is 0 Å². The van der Waals surface area contributed by atoms with Gasteiger partial charge in [0.2, 0.25) is 0 Å². The summed E-state index contributed by atoms with van der Waals surface area (Å²) in [4.78, 5) is 0. The van der Waals surface area contributed by atoms with Crippen molar-refractivity contribution in [3.63, 3.8) is 0 Å². The molecule has 1 aromatic rings. The zero-order valence-corrected chi connectivity index (χ0v) is 10.6. The Morgan fingerprint density at radius 2 is 1.76 bits per heavy atom. The summed E-state index contributed by atoms with van der Waals surface area (Å²) >= 11 is 0. The first kappa shape index (κ1) is 17.1. The quantitative estimate of drug-likeness (QED) is 0.377. The second-order valence-corrected chi connectivity index (χ2v) is 4.19. The van der Waals surface area contributed by atoms with Crippen molar-refractivity contribution < 1.29 is 31.1 Å². The van der Waals surface area contributed by atoms with Gasteiger partial charge < -0.3 is 10.5 Å². The zero-order chi connectivity index (χ0) is 16.3. The third-order valence-electron chi connectivity index (χ3n) is 2.46. The molecule has 1 aromatic carbocycles. The maximum Gasteiger partial charge on any atom is 0.419 e. The van der Waals surface area contributed by atoms with E-state index in [-0.39, 0.29) is 5.56 Å². The zero-order valence-electron chi connectivity index (χ0n) is 10.6. The van der Waals surface area contributed by atoms with Gasteiger partial charge in [0, 0.05) is 12.0 Å². The van der Waals surface area contributed by atoms with Crippen LogP contribution < -0.4 is 10.5 Å². The monoisotopic (exact) mass is 314 g/mol. The first-order valence-electron chi connectivity index (χ1n) is 5.76. The molecule has 0 fully saturated rings. The van der Waals surface area contributed by atoms with Crippen LogP contribution in [0.4, 0.5) is 26.3 Å². The van der Waals surface area contributed by atoms with Crippen molar-refractivity contribution in [1.29, 1.82) is 5.41 Å². The molecule has 0 radical (unpaired) electrons. The Labute approximate surface area is 116 Å². The molecule has 0 saturated carbocycles. The number of nitrogens with one attached hydrogen (secondary N) is 1. The van der Waals surface area contributed by atoms with Crippen molar-refractivity contribution in [2.75, 3.05) is 6.61 Å². The van der Waals surface area contributed by atoms with Gasteiger partial charge in [0.15, 0.2) is 0 Å². The highest BCUT2D eigenvalue weighted by Crippen LogP contribution is 2.37. The van der Waals surface area contributed by atoms with Crippen molar-refractivity contribution in [3.05, 3.63) is 29.3 Å². The average Bonchev–Trinajstić information content (AvgIpc) is 2.32. The van der Waals surface area contributed by atoms with Crippen molar-refractivity contribution in [2.45, 2.75) is 25.2 Å². The summed E-state index contributed by atoms with van der Waals surface area (Å²) in [6, 6.07) is 2.70. The van der Waals surface area contributed by atoms with Crippen LogP contribution in [0.5, 0.6) is 5.75 Å². The Kier molecular flexibility index (Phi) is 5.08. The Morgan fingerprint density at radius 1 is 1.14 bits per heavy atom. The minimum Gasteiger partial charge on any atom is -0.493 e.